The molecule has 9 heteroatoms. The van der Waals surface area contributed by atoms with Crippen molar-refractivity contribution in [2.45, 2.75) is 30.7 Å². The van der Waals surface area contributed by atoms with Gasteiger partial charge in [0.1, 0.15) is 4.90 Å². The number of primary amides is 1. The van der Waals surface area contributed by atoms with Crippen LogP contribution in [0.25, 0.3) is 0 Å². The Hall–Kier alpha value is -1.38. The highest BCUT2D eigenvalue weighted by Gasteiger charge is 2.30. The molecule has 1 aromatic carbocycles. The van der Waals surface area contributed by atoms with E-state index in [4.69, 9.17) is 23.1 Å². The highest BCUT2D eigenvalue weighted by atomic mass is 35.5. The van der Waals surface area contributed by atoms with Crippen LogP contribution in [-0.2, 0) is 14.8 Å². The first-order chi connectivity index (χ1) is 8.94. The van der Waals surface area contributed by atoms with Crippen molar-refractivity contribution in [3.05, 3.63) is 23.0 Å². The molecule has 112 valence electrons. The Morgan fingerprint density at radius 3 is 2.50 bits per heavy atom. The van der Waals surface area contributed by atoms with Gasteiger partial charge in [0, 0.05) is 17.6 Å². The number of hydrogen-bond acceptors (Lipinski definition) is 4. The van der Waals surface area contributed by atoms with Crippen molar-refractivity contribution in [3.8, 4) is 0 Å². The minimum Gasteiger partial charge on any atom is -0.399 e. The summed E-state index contributed by atoms with van der Waals surface area (Å²) in [5.41, 5.74) is 9.31. The Balaban J connectivity index is 3.22. The molecule has 5 N–H and O–H groups in total. The van der Waals surface area contributed by atoms with Gasteiger partial charge >= 0.3 is 0 Å². The molecule has 0 aliphatic rings. The Kier molecular flexibility index (Phi) is 4.62. The fourth-order valence-corrected chi connectivity index (χ4v) is 3.50. The lowest BCUT2D eigenvalue weighted by Crippen LogP contribution is -2.46. The number of hydrogen-bond donors (Lipinski definition) is 3. The third-order valence-electron chi connectivity index (χ3n) is 2.33. The van der Waals surface area contributed by atoms with E-state index in [2.05, 4.69) is 4.72 Å². The first-order valence-corrected chi connectivity index (χ1v) is 7.37. The number of amides is 1. The smallest absolute Gasteiger partial charge is 0.244 e. The van der Waals surface area contributed by atoms with Crippen LogP contribution in [-0.4, -0.2) is 19.9 Å². The van der Waals surface area contributed by atoms with Crippen LogP contribution < -0.4 is 16.2 Å². The van der Waals surface area contributed by atoms with Crippen LogP contribution >= 0.6 is 11.6 Å². The molecule has 0 fully saturated rings. The monoisotopic (exact) mass is 323 g/mol. The molecule has 0 atom stereocenters. The summed E-state index contributed by atoms with van der Waals surface area (Å²) in [4.78, 5) is 10.2. The number of sulfonamides is 1. The van der Waals surface area contributed by atoms with Gasteiger partial charge in [-0.1, -0.05) is 11.6 Å². The minimum atomic E-state index is -4.24. The second-order valence-electron chi connectivity index (χ2n) is 4.95. The Morgan fingerprint density at radius 2 is 2.00 bits per heavy atom. The van der Waals surface area contributed by atoms with Crippen LogP contribution in [0.15, 0.2) is 17.0 Å². The van der Waals surface area contributed by atoms with E-state index in [1.165, 1.54) is 13.8 Å². The Bertz CT molecular complexity index is 647. The predicted octanol–water partition coefficient (Wildman–Crippen LogP) is 0.994. The van der Waals surface area contributed by atoms with Gasteiger partial charge in [-0.15, -0.1) is 0 Å². The Morgan fingerprint density at radius 1 is 1.45 bits per heavy atom. The van der Waals surface area contributed by atoms with Crippen molar-refractivity contribution in [2.24, 2.45) is 5.73 Å². The van der Waals surface area contributed by atoms with Crippen LogP contribution in [0.2, 0.25) is 5.02 Å². The molecule has 1 aromatic rings. The summed E-state index contributed by atoms with van der Waals surface area (Å²) in [5.74, 6) is -1.80. The number of halogens is 2. The maximum absolute atomic E-state index is 13.8. The summed E-state index contributed by atoms with van der Waals surface area (Å²) in [6.07, 6.45) is -0.246. The van der Waals surface area contributed by atoms with E-state index < -0.39 is 37.2 Å². The largest absolute Gasteiger partial charge is 0.399 e. The molecule has 6 nitrogen and oxygen atoms in total. The standard InChI is InChI=1S/C11H15ClFN3O3S/c1-11(2,5-9(15)17)16-20(18,19)8-4-6(14)3-7(12)10(8)13/h3-4,16H,5,14H2,1-2H3,(H2,15,17). The van der Waals surface area contributed by atoms with E-state index in [1.54, 1.807) is 0 Å². The summed E-state index contributed by atoms with van der Waals surface area (Å²) in [6, 6.07) is 2.05. The van der Waals surface area contributed by atoms with E-state index in [-0.39, 0.29) is 12.1 Å². The SMILES string of the molecule is CC(C)(CC(N)=O)NS(=O)(=O)c1cc(N)cc(Cl)c1F. The molecule has 0 radical (unpaired) electrons. The summed E-state index contributed by atoms with van der Waals surface area (Å²) < 4.78 is 40.3. The van der Waals surface area contributed by atoms with Gasteiger partial charge in [-0.05, 0) is 26.0 Å². The fourth-order valence-electron chi connectivity index (χ4n) is 1.67. The zero-order valence-electron chi connectivity index (χ0n) is 10.9. The zero-order valence-corrected chi connectivity index (χ0v) is 12.5. The number of anilines is 1. The number of carbonyl (C=O) groups excluding carboxylic acids is 1. The lowest BCUT2D eigenvalue weighted by Gasteiger charge is -2.24. The number of carbonyl (C=O) groups is 1. The molecule has 0 spiro atoms. The molecule has 1 amide bonds. The molecule has 0 unspecified atom stereocenters. The number of rotatable bonds is 5. The summed E-state index contributed by atoms with van der Waals surface area (Å²) in [7, 11) is -4.24. The van der Waals surface area contributed by atoms with E-state index in [9.17, 15) is 17.6 Å². The number of nitrogens with one attached hydrogen (secondary N) is 1. The molecule has 20 heavy (non-hydrogen) atoms. The summed E-state index contributed by atoms with van der Waals surface area (Å²) >= 11 is 5.56. The highest BCUT2D eigenvalue weighted by Crippen LogP contribution is 2.26. The molecule has 0 saturated heterocycles. The van der Waals surface area contributed by atoms with Crippen LogP contribution in [0.5, 0.6) is 0 Å². The van der Waals surface area contributed by atoms with Crippen LogP contribution in [0.3, 0.4) is 0 Å². The molecule has 1 rings (SSSR count). The van der Waals surface area contributed by atoms with Crippen molar-refractivity contribution in [1.29, 1.82) is 0 Å². The quantitative estimate of drug-likeness (QED) is 0.701. The summed E-state index contributed by atoms with van der Waals surface area (Å²) in [5, 5.41) is -0.405. The average molecular weight is 324 g/mol. The van der Waals surface area contributed by atoms with Crippen molar-refractivity contribution in [2.75, 3.05) is 5.73 Å². The van der Waals surface area contributed by atoms with Crippen LogP contribution in [0.4, 0.5) is 10.1 Å². The molecule has 0 aliphatic heterocycles. The predicted molar refractivity (Wildman–Crippen MR) is 74.0 cm³/mol. The second kappa shape index (κ2) is 5.55. The van der Waals surface area contributed by atoms with Gasteiger partial charge in [-0.3, -0.25) is 4.79 Å². The number of nitrogen functional groups attached to an aromatic ring is 1. The molecular formula is C11H15ClFN3O3S. The molecular weight excluding hydrogens is 309 g/mol. The van der Waals surface area contributed by atoms with Crippen molar-refractivity contribution in [1.82, 2.24) is 4.72 Å². The van der Waals surface area contributed by atoms with Gasteiger partial charge in [-0.2, -0.15) is 0 Å². The third-order valence-corrected chi connectivity index (χ3v) is 4.31. The van der Waals surface area contributed by atoms with Crippen molar-refractivity contribution < 1.29 is 17.6 Å². The van der Waals surface area contributed by atoms with Gasteiger partial charge in [0.05, 0.1) is 5.02 Å². The maximum Gasteiger partial charge on any atom is 0.244 e. The Labute approximate surface area is 121 Å². The van der Waals surface area contributed by atoms with Crippen LogP contribution in [0, 0.1) is 5.82 Å². The molecule has 0 heterocycles. The molecule has 0 bridgehead atoms. The second-order valence-corrected chi connectivity index (χ2v) is 7.01. The summed E-state index contributed by atoms with van der Waals surface area (Å²) in [6.45, 7) is 2.89. The van der Waals surface area contributed by atoms with E-state index >= 15 is 0 Å². The van der Waals surface area contributed by atoms with Gasteiger partial charge in [-0.25, -0.2) is 17.5 Å². The molecule has 0 saturated carbocycles. The number of benzene rings is 1. The third kappa shape index (κ3) is 4.06. The lowest BCUT2D eigenvalue weighted by atomic mass is 10.0. The first kappa shape index (κ1) is 16.7. The topological polar surface area (TPSA) is 115 Å². The maximum atomic E-state index is 13.8. The molecule has 0 aliphatic carbocycles. The normalized spacial score (nSPS) is 12.4. The van der Waals surface area contributed by atoms with Crippen LogP contribution in [0.1, 0.15) is 20.3 Å². The van der Waals surface area contributed by atoms with Gasteiger partial charge in [0.2, 0.25) is 15.9 Å². The van der Waals surface area contributed by atoms with Gasteiger partial charge in [0.15, 0.2) is 5.82 Å². The van der Waals surface area contributed by atoms with Gasteiger partial charge < -0.3 is 11.5 Å². The van der Waals surface area contributed by atoms with Crippen molar-refractivity contribution >= 4 is 33.2 Å². The first-order valence-electron chi connectivity index (χ1n) is 5.51. The van der Waals surface area contributed by atoms with Crippen molar-refractivity contribution in [3.63, 3.8) is 0 Å². The van der Waals surface area contributed by atoms with E-state index in [0.717, 1.165) is 12.1 Å². The number of nitrogens with two attached hydrogens (primary N) is 2. The van der Waals surface area contributed by atoms with E-state index in [0.29, 0.717) is 0 Å². The minimum absolute atomic E-state index is 0.00415. The van der Waals surface area contributed by atoms with Gasteiger partial charge in [0.25, 0.3) is 0 Å². The fraction of sp³-hybridized carbons (Fsp3) is 0.364. The zero-order chi connectivity index (χ0) is 15.7. The highest BCUT2D eigenvalue weighted by molar-refractivity contribution is 7.89. The lowest BCUT2D eigenvalue weighted by molar-refractivity contribution is -0.119. The average Bonchev–Trinajstić information content (AvgIpc) is 2.19. The van der Waals surface area contributed by atoms with E-state index in [1.807, 2.05) is 0 Å². The molecule has 0 aromatic heterocycles.